The Morgan fingerprint density at radius 3 is 2.89 bits per heavy atom. The quantitative estimate of drug-likeness (QED) is 0.778. The lowest BCUT2D eigenvalue weighted by atomic mass is 10.1. The van der Waals surface area contributed by atoms with Crippen LogP contribution in [0.25, 0.3) is 0 Å². The lowest BCUT2D eigenvalue weighted by Gasteiger charge is -2.13. The van der Waals surface area contributed by atoms with Crippen LogP contribution >= 0.6 is 11.6 Å². The number of ether oxygens (including phenoxy) is 1. The summed E-state index contributed by atoms with van der Waals surface area (Å²) in [4.78, 5) is 11.3. The van der Waals surface area contributed by atoms with Gasteiger partial charge in [0.15, 0.2) is 6.61 Å². The van der Waals surface area contributed by atoms with Crippen LogP contribution in [0.2, 0.25) is 5.02 Å². The monoisotopic (exact) mass is 281 g/mol. The number of carbonyl (C=O) groups is 1. The van der Waals surface area contributed by atoms with Crippen LogP contribution in [-0.2, 0) is 4.79 Å². The molecule has 5 nitrogen and oxygen atoms in total. The minimum Gasteiger partial charge on any atom is -0.482 e. The Balaban J connectivity index is 2.60. The molecule has 0 aliphatic carbocycles. The Morgan fingerprint density at radius 2 is 2.32 bits per heavy atom. The summed E-state index contributed by atoms with van der Waals surface area (Å²) < 4.78 is 5.29. The first-order valence-corrected chi connectivity index (χ1v) is 6.19. The minimum atomic E-state index is -0.356. The Hall–Kier alpha value is -1.77. The van der Waals surface area contributed by atoms with Crippen molar-refractivity contribution >= 4 is 17.5 Å². The van der Waals surface area contributed by atoms with Crippen LogP contribution in [0.3, 0.4) is 0 Å². The number of hydrogen-bond acceptors (Lipinski definition) is 4. The molecule has 1 aromatic rings. The highest BCUT2D eigenvalue weighted by molar-refractivity contribution is 6.32. The zero-order valence-corrected chi connectivity index (χ0v) is 11.6. The molecule has 102 valence electrons. The highest BCUT2D eigenvalue weighted by Crippen LogP contribution is 2.27. The summed E-state index contributed by atoms with van der Waals surface area (Å²) in [5.41, 5.74) is 1.04. The van der Waals surface area contributed by atoms with Crippen molar-refractivity contribution in [1.82, 2.24) is 10.6 Å². The maximum absolute atomic E-state index is 11.3. The second-order valence-corrected chi connectivity index (χ2v) is 4.33. The van der Waals surface area contributed by atoms with Crippen molar-refractivity contribution in [1.29, 1.82) is 5.26 Å². The van der Waals surface area contributed by atoms with Crippen molar-refractivity contribution in [2.75, 3.05) is 20.2 Å². The molecular formula is C13H16ClN3O2. The summed E-state index contributed by atoms with van der Waals surface area (Å²) in [5.74, 6) is 0.0890. The molecule has 0 saturated carbocycles. The molecule has 0 aliphatic rings. The van der Waals surface area contributed by atoms with E-state index in [1.54, 1.807) is 12.1 Å². The predicted molar refractivity (Wildman–Crippen MR) is 73.0 cm³/mol. The van der Waals surface area contributed by atoms with Gasteiger partial charge in [0.25, 0.3) is 5.91 Å². The van der Waals surface area contributed by atoms with Gasteiger partial charge in [-0.1, -0.05) is 17.7 Å². The second-order valence-electron chi connectivity index (χ2n) is 3.92. The van der Waals surface area contributed by atoms with Crippen LogP contribution in [0.1, 0.15) is 18.5 Å². The first kappa shape index (κ1) is 15.3. The predicted octanol–water partition coefficient (Wildman–Crippen LogP) is 1.64. The Labute approximate surface area is 117 Å². The Kier molecular flexibility index (Phi) is 6.13. The van der Waals surface area contributed by atoms with E-state index in [-0.39, 0.29) is 25.1 Å². The molecule has 19 heavy (non-hydrogen) atoms. The largest absolute Gasteiger partial charge is 0.482 e. The van der Waals surface area contributed by atoms with Crippen molar-refractivity contribution < 1.29 is 9.53 Å². The number of amides is 1. The van der Waals surface area contributed by atoms with Crippen molar-refractivity contribution in [3.8, 4) is 11.8 Å². The molecule has 0 fully saturated rings. The normalized spacial score (nSPS) is 11.5. The molecule has 0 aromatic heterocycles. The SMILES string of the molecule is CNC(C)c1ccc(OCC(=O)NCC#N)c(Cl)c1. The molecule has 1 unspecified atom stereocenters. The first-order chi connectivity index (χ1) is 9.08. The number of halogens is 1. The summed E-state index contributed by atoms with van der Waals surface area (Å²) in [6.45, 7) is 1.82. The minimum absolute atomic E-state index is 0.0332. The first-order valence-electron chi connectivity index (χ1n) is 5.81. The number of nitriles is 1. The fourth-order valence-electron chi connectivity index (χ4n) is 1.40. The van der Waals surface area contributed by atoms with E-state index in [1.165, 1.54) is 0 Å². The summed E-state index contributed by atoms with van der Waals surface area (Å²) >= 11 is 6.08. The molecule has 0 spiro atoms. The fraction of sp³-hybridized carbons (Fsp3) is 0.385. The highest BCUT2D eigenvalue weighted by Gasteiger charge is 2.09. The van der Waals surface area contributed by atoms with Gasteiger partial charge >= 0.3 is 0 Å². The van der Waals surface area contributed by atoms with Gasteiger partial charge in [0.05, 0.1) is 11.1 Å². The topological polar surface area (TPSA) is 74.2 Å². The third kappa shape index (κ3) is 4.78. The van der Waals surface area contributed by atoms with Gasteiger partial charge in [-0.25, -0.2) is 0 Å². The molecule has 1 rings (SSSR count). The zero-order chi connectivity index (χ0) is 14.3. The molecule has 6 heteroatoms. The molecule has 1 amide bonds. The Bertz CT molecular complexity index is 485. The maximum atomic E-state index is 11.3. The molecular weight excluding hydrogens is 266 g/mol. The standard InChI is InChI=1S/C13H16ClN3O2/c1-9(16-2)10-3-4-12(11(14)7-10)19-8-13(18)17-6-5-15/h3-4,7,9,16H,6,8H2,1-2H3,(H,17,18). The van der Waals surface area contributed by atoms with Crippen LogP contribution in [0.4, 0.5) is 0 Å². The fourth-order valence-corrected chi connectivity index (χ4v) is 1.65. The summed E-state index contributed by atoms with van der Waals surface area (Å²) in [7, 11) is 1.86. The van der Waals surface area contributed by atoms with Crippen molar-refractivity contribution in [3.05, 3.63) is 28.8 Å². The molecule has 0 bridgehead atoms. The van der Waals surface area contributed by atoms with E-state index >= 15 is 0 Å². The van der Waals surface area contributed by atoms with Gasteiger partial charge in [0.2, 0.25) is 0 Å². The van der Waals surface area contributed by atoms with E-state index in [1.807, 2.05) is 26.1 Å². The van der Waals surface area contributed by atoms with Crippen molar-refractivity contribution in [2.24, 2.45) is 0 Å². The van der Waals surface area contributed by atoms with Gasteiger partial charge in [-0.15, -0.1) is 0 Å². The highest BCUT2D eigenvalue weighted by atomic mass is 35.5. The van der Waals surface area contributed by atoms with Gasteiger partial charge in [-0.05, 0) is 31.7 Å². The van der Waals surface area contributed by atoms with E-state index in [4.69, 9.17) is 21.6 Å². The summed E-state index contributed by atoms with van der Waals surface area (Å²) in [5, 5.41) is 14.3. The number of rotatable bonds is 6. The van der Waals surface area contributed by atoms with E-state index < -0.39 is 0 Å². The van der Waals surface area contributed by atoms with Crippen LogP contribution in [0, 0.1) is 11.3 Å². The Morgan fingerprint density at radius 1 is 1.58 bits per heavy atom. The smallest absolute Gasteiger partial charge is 0.258 e. The van der Waals surface area contributed by atoms with Crippen molar-refractivity contribution in [3.63, 3.8) is 0 Å². The van der Waals surface area contributed by atoms with E-state index in [0.717, 1.165) is 5.56 Å². The number of benzene rings is 1. The van der Waals surface area contributed by atoms with Crippen LogP contribution in [0.15, 0.2) is 18.2 Å². The van der Waals surface area contributed by atoms with Gasteiger partial charge < -0.3 is 15.4 Å². The van der Waals surface area contributed by atoms with Crippen molar-refractivity contribution in [2.45, 2.75) is 13.0 Å². The maximum Gasteiger partial charge on any atom is 0.258 e. The van der Waals surface area contributed by atoms with Gasteiger partial charge in [0.1, 0.15) is 12.3 Å². The number of nitrogens with zero attached hydrogens (tertiary/aromatic N) is 1. The number of nitrogens with one attached hydrogen (secondary N) is 2. The number of hydrogen-bond donors (Lipinski definition) is 2. The molecule has 0 heterocycles. The van der Waals surface area contributed by atoms with Gasteiger partial charge in [-0.2, -0.15) is 5.26 Å². The van der Waals surface area contributed by atoms with Gasteiger partial charge in [0, 0.05) is 6.04 Å². The molecule has 1 aromatic carbocycles. The molecule has 0 radical (unpaired) electrons. The summed E-state index contributed by atoms with van der Waals surface area (Å²) in [6.07, 6.45) is 0. The average Bonchev–Trinajstić information content (AvgIpc) is 2.42. The summed E-state index contributed by atoms with van der Waals surface area (Å²) in [6, 6.07) is 7.41. The second kappa shape index (κ2) is 7.62. The van der Waals surface area contributed by atoms with E-state index in [2.05, 4.69) is 10.6 Å². The van der Waals surface area contributed by atoms with E-state index in [0.29, 0.717) is 10.8 Å². The lowest BCUT2D eigenvalue weighted by Crippen LogP contribution is -2.29. The number of carbonyl (C=O) groups excluding carboxylic acids is 1. The van der Waals surface area contributed by atoms with Crippen LogP contribution in [-0.4, -0.2) is 26.1 Å². The molecule has 0 aliphatic heterocycles. The lowest BCUT2D eigenvalue weighted by molar-refractivity contribution is -0.122. The third-order valence-electron chi connectivity index (χ3n) is 2.61. The van der Waals surface area contributed by atoms with Gasteiger partial charge in [-0.3, -0.25) is 4.79 Å². The average molecular weight is 282 g/mol. The van der Waals surface area contributed by atoms with E-state index in [9.17, 15) is 4.79 Å². The third-order valence-corrected chi connectivity index (χ3v) is 2.91. The molecule has 1 atom stereocenters. The molecule has 0 saturated heterocycles. The zero-order valence-electron chi connectivity index (χ0n) is 10.9. The van der Waals surface area contributed by atoms with Crippen LogP contribution < -0.4 is 15.4 Å². The molecule has 2 N–H and O–H groups in total. The van der Waals surface area contributed by atoms with Crippen LogP contribution in [0.5, 0.6) is 5.75 Å².